The zero-order valence-corrected chi connectivity index (χ0v) is 21.2. The van der Waals surface area contributed by atoms with Crippen molar-refractivity contribution in [2.75, 3.05) is 17.2 Å². The molecule has 5 rings (SSSR count). The van der Waals surface area contributed by atoms with Crippen LogP contribution in [-0.2, 0) is 11.3 Å². The molecule has 3 heterocycles. The van der Waals surface area contributed by atoms with Crippen molar-refractivity contribution in [1.82, 2.24) is 10.2 Å². The minimum Gasteiger partial charge on any atom is -0.464 e. The fraction of sp³-hybridized carbons (Fsp3) is 0.385. The van der Waals surface area contributed by atoms with Crippen molar-refractivity contribution in [3.8, 4) is 0 Å². The molecule has 188 valence electrons. The fourth-order valence-corrected chi connectivity index (χ4v) is 5.11. The van der Waals surface area contributed by atoms with Crippen LogP contribution in [0.2, 0.25) is 5.02 Å². The van der Waals surface area contributed by atoms with Gasteiger partial charge in [0.2, 0.25) is 5.91 Å². The Hall–Kier alpha value is -3.59. The van der Waals surface area contributed by atoms with Crippen LogP contribution in [0, 0.1) is 12.3 Å². The number of hydrogen-bond acceptors (Lipinski definition) is 7. The van der Waals surface area contributed by atoms with Crippen LogP contribution in [0.5, 0.6) is 0 Å². The fourth-order valence-electron chi connectivity index (χ4n) is 4.89. The number of nitrogens with zero attached hydrogens (tertiary/aromatic N) is 1. The van der Waals surface area contributed by atoms with Gasteiger partial charge in [0.1, 0.15) is 28.9 Å². The minimum absolute atomic E-state index is 0.0758. The van der Waals surface area contributed by atoms with E-state index >= 15 is 0 Å². The van der Waals surface area contributed by atoms with E-state index in [1.54, 1.807) is 12.1 Å². The number of nitrogens with one attached hydrogen (secondary N) is 3. The van der Waals surface area contributed by atoms with E-state index < -0.39 is 16.9 Å². The lowest BCUT2D eigenvalue weighted by Crippen LogP contribution is -2.41. The van der Waals surface area contributed by atoms with Crippen LogP contribution in [0.15, 0.2) is 38.3 Å². The predicted octanol–water partition coefficient (Wildman–Crippen LogP) is 3.62. The molecule has 0 spiro atoms. The van der Waals surface area contributed by atoms with Gasteiger partial charge < -0.3 is 25.3 Å². The van der Waals surface area contributed by atoms with E-state index in [0.29, 0.717) is 40.6 Å². The molecule has 0 radical (unpaired) electrons. The Morgan fingerprint density at radius 1 is 1.08 bits per heavy atom. The second-order valence-electron chi connectivity index (χ2n) is 10.4. The van der Waals surface area contributed by atoms with E-state index in [9.17, 15) is 19.2 Å². The zero-order chi connectivity index (χ0) is 25.9. The molecule has 9 nitrogen and oxygen atoms in total. The van der Waals surface area contributed by atoms with Crippen LogP contribution in [0.1, 0.15) is 60.7 Å². The molecule has 1 aromatic heterocycles. The summed E-state index contributed by atoms with van der Waals surface area (Å²) in [4.78, 5) is 52.3. The molecule has 3 N–H and O–H groups in total. The first kappa shape index (κ1) is 24.1. The lowest BCUT2D eigenvalue weighted by atomic mass is 9.85. The second-order valence-corrected chi connectivity index (χ2v) is 10.8. The highest BCUT2D eigenvalue weighted by molar-refractivity contribution is 6.32. The first-order valence-electron chi connectivity index (χ1n) is 11.8. The molecule has 1 saturated heterocycles. The standard InChI is InChI=1S/C26H27ClN4O5/c1-12-5-8-17(36-12)23(26(2,3)4)30-20-19(21(32)22(20)33)29-15-7-6-14(27)13-11-31(25(35)18(13)15)16-9-10-28-24(16)34/h5-8,16,23,29-30H,9-11H2,1-4H3,(H,28,34)/t16?,23-/m0/s1. The molecular weight excluding hydrogens is 484 g/mol. The van der Waals surface area contributed by atoms with Crippen molar-refractivity contribution in [2.45, 2.75) is 52.7 Å². The summed E-state index contributed by atoms with van der Waals surface area (Å²) in [5, 5.41) is 9.36. The Balaban J connectivity index is 1.48. The number of benzene rings is 1. The van der Waals surface area contributed by atoms with E-state index in [4.69, 9.17) is 16.0 Å². The molecule has 0 bridgehead atoms. The van der Waals surface area contributed by atoms with Gasteiger partial charge in [0, 0.05) is 23.7 Å². The summed E-state index contributed by atoms with van der Waals surface area (Å²) in [6, 6.07) is 5.97. The Morgan fingerprint density at radius 3 is 2.42 bits per heavy atom. The molecule has 1 fully saturated rings. The lowest BCUT2D eigenvalue weighted by Gasteiger charge is -2.31. The normalized spacial score (nSPS) is 18.5. The summed E-state index contributed by atoms with van der Waals surface area (Å²) in [6.45, 7) is 8.54. The molecule has 10 heteroatoms. The molecule has 2 amide bonds. The summed E-state index contributed by atoms with van der Waals surface area (Å²) < 4.78 is 5.81. The first-order chi connectivity index (χ1) is 17.0. The van der Waals surface area contributed by atoms with Gasteiger partial charge in [-0.2, -0.15) is 0 Å². The van der Waals surface area contributed by atoms with Gasteiger partial charge in [-0.15, -0.1) is 0 Å². The van der Waals surface area contributed by atoms with Crippen molar-refractivity contribution in [3.05, 3.63) is 72.4 Å². The monoisotopic (exact) mass is 510 g/mol. The molecular formula is C26H27ClN4O5. The van der Waals surface area contributed by atoms with Crippen LogP contribution in [0.3, 0.4) is 0 Å². The molecule has 36 heavy (non-hydrogen) atoms. The number of carbonyl (C=O) groups excluding carboxylic acids is 2. The SMILES string of the molecule is Cc1ccc([C@H](Nc2c(Nc3ccc(Cl)c4c3C(=O)N(C3CCNC3=O)C4)c(=O)c2=O)C(C)(C)C)o1. The molecule has 2 aliphatic heterocycles. The number of fused-ring (bicyclic) bond motifs is 1. The lowest BCUT2D eigenvalue weighted by molar-refractivity contribution is -0.123. The van der Waals surface area contributed by atoms with E-state index in [-0.39, 0.29) is 41.2 Å². The van der Waals surface area contributed by atoms with Gasteiger partial charge >= 0.3 is 0 Å². The van der Waals surface area contributed by atoms with E-state index in [1.807, 2.05) is 39.8 Å². The number of halogens is 1. The van der Waals surface area contributed by atoms with Crippen molar-refractivity contribution in [1.29, 1.82) is 0 Å². The average molecular weight is 511 g/mol. The third kappa shape index (κ3) is 3.87. The molecule has 2 atom stereocenters. The minimum atomic E-state index is -0.679. The van der Waals surface area contributed by atoms with Crippen LogP contribution in [-0.4, -0.2) is 29.3 Å². The Bertz CT molecular complexity index is 1460. The number of furan rings is 1. The number of anilines is 3. The maximum atomic E-state index is 13.4. The van der Waals surface area contributed by atoms with Gasteiger partial charge in [-0.25, -0.2) is 0 Å². The number of rotatable bonds is 6. The first-order valence-corrected chi connectivity index (χ1v) is 12.2. The highest BCUT2D eigenvalue weighted by atomic mass is 35.5. The Morgan fingerprint density at radius 2 is 1.81 bits per heavy atom. The van der Waals surface area contributed by atoms with Gasteiger partial charge in [0.05, 0.1) is 17.3 Å². The third-order valence-corrected chi connectivity index (χ3v) is 7.18. The van der Waals surface area contributed by atoms with Crippen molar-refractivity contribution in [3.63, 3.8) is 0 Å². The maximum absolute atomic E-state index is 13.4. The summed E-state index contributed by atoms with van der Waals surface area (Å²) in [6.07, 6.45) is 0.519. The van der Waals surface area contributed by atoms with Crippen LogP contribution in [0.25, 0.3) is 0 Å². The Kier molecular flexibility index (Phi) is 5.70. The topological polar surface area (TPSA) is 121 Å². The van der Waals surface area contributed by atoms with Crippen LogP contribution >= 0.6 is 11.6 Å². The summed E-state index contributed by atoms with van der Waals surface area (Å²) >= 11 is 6.41. The maximum Gasteiger partial charge on any atom is 0.257 e. The summed E-state index contributed by atoms with van der Waals surface area (Å²) in [7, 11) is 0. The summed E-state index contributed by atoms with van der Waals surface area (Å²) in [5.41, 5.74) is -0.216. The van der Waals surface area contributed by atoms with E-state index in [2.05, 4.69) is 16.0 Å². The number of amides is 2. The number of hydrogen-bond donors (Lipinski definition) is 3. The van der Waals surface area contributed by atoms with E-state index in [0.717, 1.165) is 5.76 Å². The molecule has 0 aliphatic carbocycles. The van der Waals surface area contributed by atoms with Crippen LogP contribution < -0.4 is 26.8 Å². The quantitative estimate of drug-likeness (QED) is 0.433. The van der Waals surface area contributed by atoms with Crippen molar-refractivity contribution < 1.29 is 14.0 Å². The largest absolute Gasteiger partial charge is 0.464 e. The predicted molar refractivity (Wildman–Crippen MR) is 137 cm³/mol. The Labute approximate surface area is 212 Å². The molecule has 2 aromatic carbocycles. The average Bonchev–Trinajstić information content (AvgIpc) is 3.52. The molecule has 2 aliphatic rings. The summed E-state index contributed by atoms with van der Waals surface area (Å²) in [5.74, 6) is 0.841. The number of carbonyl (C=O) groups is 2. The van der Waals surface area contributed by atoms with Crippen molar-refractivity contribution in [2.24, 2.45) is 5.41 Å². The second kappa shape index (κ2) is 8.51. The highest BCUT2D eigenvalue weighted by Crippen LogP contribution is 2.40. The highest BCUT2D eigenvalue weighted by Gasteiger charge is 2.41. The number of aryl methyl sites for hydroxylation is 1. The smallest absolute Gasteiger partial charge is 0.257 e. The third-order valence-electron chi connectivity index (χ3n) is 6.83. The van der Waals surface area contributed by atoms with Crippen LogP contribution in [0.4, 0.5) is 17.1 Å². The van der Waals surface area contributed by atoms with Crippen molar-refractivity contribution >= 4 is 40.5 Å². The van der Waals surface area contributed by atoms with E-state index in [1.165, 1.54) is 4.90 Å². The van der Waals surface area contributed by atoms with Gasteiger partial charge in [0.15, 0.2) is 0 Å². The molecule has 1 unspecified atom stereocenters. The van der Waals surface area contributed by atoms with Gasteiger partial charge in [-0.1, -0.05) is 32.4 Å². The molecule has 3 aromatic rings. The zero-order valence-electron chi connectivity index (χ0n) is 20.5. The van der Waals surface area contributed by atoms with Gasteiger partial charge in [-0.05, 0) is 43.0 Å². The molecule has 0 saturated carbocycles. The van der Waals surface area contributed by atoms with Gasteiger partial charge in [0.25, 0.3) is 16.8 Å². The van der Waals surface area contributed by atoms with Gasteiger partial charge in [-0.3, -0.25) is 19.2 Å².